The third kappa shape index (κ3) is 5.22. The molecule has 0 bridgehead atoms. The Bertz CT molecular complexity index is 1190. The van der Waals surface area contributed by atoms with Gasteiger partial charge in [0.1, 0.15) is 10.8 Å². The highest BCUT2D eigenvalue weighted by atomic mass is 32.2. The minimum absolute atomic E-state index is 0.141. The van der Waals surface area contributed by atoms with E-state index in [0.29, 0.717) is 16.3 Å². The average molecular weight is 458 g/mol. The van der Waals surface area contributed by atoms with Crippen LogP contribution < -0.4 is 5.32 Å². The van der Waals surface area contributed by atoms with Crippen molar-refractivity contribution in [2.24, 2.45) is 0 Å². The topological polar surface area (TPSA) is 76.1 Å². The number of thiazole rings is 1. The summed E-state index contributed by atoms with van der Waals surface area (Å²) < 4.78 is 75.0. The maximum atomic E-state index is 13.9. The Morgan fingerprint density at radius 3 is 2.40 bits per heavy atom. The Morgan fingerprint density at radius 1 is 1.13 bits per heavy atom. The molecule has 0 saturated heterocycles. The van der Waals surface area contributed by atoms with Crippen LogP contribution in [0.5, 0.6) is 0 Å². The van der Waals surface area contributed by atoms with Gasteiger partial charge in [-0.05, 0) is 30.3 Å². The van der Waals surface area contributed by atoms with Crippen LogP contribution in [0, 0.1) is 5.82 Å². The minimum atomic E-state index is -4.44. The van der Waals surface area contributed by atoms with Crippen molar-refractivity contribution in [2.45, 2.75) is 17.5 Å². The SMILES string of the molecule is CS(=O)(=O)c1ccc(F)c(NC(=O)Cc2csc(-c3ccc(C(F)(F)F)cc3)n2)c1. The van der Waals surface area contributed by atoms with Gasteiger partial charge in [-0.2, -0.15) is 13.2 Å². The summed E-state index contributed by atoms with van der Waals surface area (Å²) in [6.45, 7) is 0. The largest absolute Gasteiger partial charge is 0.416 e. The van der Waals surface area contributed by atoms with E-state index in [1.807, 2.05) is 0 Å². The number of alkyl halides is 3. The molecule has 2 aromatic carbocycles. The van der Waals surface area contributed by atoms with E-state index in [9.17, 15) is 30.8 Å². The zero-order valence-corrected chi connectivity index (χ0v) is 17.0. The molecule has 30 heavy (non-hydrogen) atoms. The van der Waals surface area contributed by atoms with E-state index < -0.39 is 33.3 Å². The van der Waals surface area contributed by atoms with Crippen LogP contribution >= 0.6 is 11.3 Å². The van der Waals surface area contributed by atoms with Crippen molar-refractivity contribution in [3.63, 3.8) is 0 Å². The van der Waals surface area contributed by atoms with Crippen LogP contribution in [0.1, 0.15) is 11.3 Å². The molecule has 1 heterocycles. The number of benzene rings is 2. The number of rotatable bonds is 5. The monoisotopic (exact) mass is 458 g/mol. The molecule has 0 unspecified atom stereocenters. The Labute approximate surface area is 173 Å². The first-order valence-electron chi connectivity index (χ1n) is 8.35. The van der Waals surface area contributed by atoms with Crippen molar-refractivity contribution < 1.29 is 30.8 Å². The molecule has 0 saturated carbocycles. The highest BCUT2D eigenvalue weighted by molar-refractivity contribution is 7.90. The summed E-state index contributed by atoms with van der Waals surface area (Å²) in [5, 5.41) is 4.30. The van der Waals surface area contributed by atoms with Crippen LogP contribution in [0.3, 0.4) is 0 Å². The van der Waals surface area contributed by atoms with Crippen LogP contribution in [0.25, 0.3) is 10.6 Å². The normalized spacial score (nSPS) is 12.0. The molecule has 0 radical (unpaired) electrons. The first-order chi connectivity index (χ1) is 13.9. The molecule has 5 nitrogen and oxygen atoms in total. The quantitative estimate of drug-likeness (QED) is 0.450. The Kier molecular flexibility index (Phi) is 5.95. The van der Waals surface area contributed by atoms with Gasteiger partial charge in [-0.1, -0.05) is 12.1 Å². The lowest BCUT2D eigenvalue weighted by molar-refractivity contribution is -0.137. The number of carbonyl (C=O) groups excluding carboxylic acids is 1. The Morgan fingerprint density at radius 2 is 1.80 bits per heavy atom. The second-order valence-electron chi connectivity index (χ2n) is 6.36. The van der Waals surface area contributed by atoms with Gasteiger partial charge in [-0.25, -0.2) is 17.8 Å². The minimum Gasteiger partial charge on any atom is -0.323 e. The summed E-state index contributed by atoms with van der Waals surface area (Å²) in [6.07, 6.45) is -3.70. The first kappa shape index (κ1) is 21.9. The fourth-order valence-corrected chi connectivity index (χ4v) is 3.99. The van der Waals surface area contributed by atoms with E-state index in [-0.39, 0.29) is 17.0 Å². The standard InChI is InChI=1S/C19H14F4N2O3S2/c1-30(27,28)14-6-7-15(20)16(9-14)25-17(26)8-13-10-29-18(24-13)11-2-4-12(5-3-11)19(21,22)23/h2-7,9-10H,8H2,1H3,(H,25,26). The van der Waals surface area contributed by atoms with Crippen LogP contribution in [0.15, 0.2) is 52.7 Å². The number of amides is 1. The van der Waals surface area contributed by atoms with Crippen molar-refractivity contribution in [2.75, 3.05) is 11.6 Å². The lowest BCUT2D eigenvalue weighted by atomic mass is 10.1. The number of hydrogen-bond acceptors (Lipinski definition) is 5. The van der Waals surface area contributed by atoms with E-state index in [0.717, 1.165) is 47.9 Å². The predicted octanol–water partition coefficient (Wildman–Crippen LogP) is 4.55. The van der Waals surface area contributed by atoms with Gasteiger partial charge >= 0.3 is 6.18 Å². The summed E-state index contributed by atoms with van der Waals surface area (Å²) >= 11 is 1.15. The van der Waals surface area contributed by atoms with Crippen molar-refractivity contribution in [1.82, 2.24) is 4.98 Å². The van der Waals surface area contributed by atoms with Crippen LogP contribution in [0.4, 0.5) is 23.2 Å². The van der Waals surface area contributed by atoms with Gasteiger partial charge in [0.25, 0.3) is 0 Å². The third-order valence-electron chi connectivity index (χ3n) is 3.99. The second-order valence-corrected chi connectivity index (χ2v) is 9.23. The number of nitrogens with one attached hydrogen (secondary N) is 1. The fourth-order valence-electron chi connectivity index (χ4n) is 2.51. The summed E-state index contributed by atoms with van der Waals surface area (Å²) in [4.78, 5) is 16.3. The van der Waals surface area contributed by atoms with Crippen LogP contribution in [-0.4, -0.2) is 25.6 Å². The van der Waals surface area contributed by atoms with Gasteiger partial charge < -0.3 is 5.32 Å². The molecule has 158 valence electrons. The summed E-state index contributed by atoms with van der Waals surface area (Å²) in [7, 11) is -3.58. The van der Waals surface area contributed by atoms with E-state index >= 15 is 0 Å². The summed E-state index contributed by atoms with van der Waals surface area (Å²) in [5.41, 5.74) is -0.250. The molecule has 0 spiro atoms. The van der Waals surface area contributed by atoms with Gasteiger partial charge in [0, 0.05) is 17.2 Å². The molecule has 0 aliphatic carbocycles. The smallest absolute Gasteiger partial charge is 0.323 e. The molecular weight excluding hydrogens is 444 g/mol. The number of anilines is 1. The fraction of sp³-hybridized carbons (Fsp3) is 0.158. The highest BCUT2D eigenvalue weighted by Gasteiger charge is 2.30. The number of aromatic nitrogens is 1. The zero-order chi connectivity index (χ0) is 22.1. The van der Waals surface area contributed by atoms with Crippen molar-refractivity contribution in [3.05, 3.63) is 64.9 Å². The van der Waals surface area contributed by atoms with E-state index in [4.69, 9.17) is 0 Å². The van der Waals surface area contributed by atoms with Crippen LogP contribution in [-0.2, 0) is 27.2 Å². The first-order valence-corrected chi connectivity index (χ1v) is 11.1. The number of hydrogen-bond donors (Lipinski definition) is 1. The van der Waals surface area contributed by atoms with Crippen LogP contribution in [0.2, 0.25) is 0 Å². The van der Waals surface area contributed by atoms with Gasteiger partial charge in [0.15, 0.2) is 9.84 Å². The molecular formula is C19H14F4N2O3S2. The number of nitrogens with zero attached hydrogens (tertiary/aromatic N) is 1. The Hall–Kier alpha value is -2.79. The summed E-state index contributed by atoms with van der Waals surface area (Å²) in [6, 6.07) is 7.53. The number of sulfone groups is 1. The molecule has 1 amide bonds. The lowest BCUT2D eigenvalue weighted by Crippen LogP contribution is -2.16. The molecule has 0 aliphatic rings. The van der Waals surface area contributed by atoms with E-state index in [1.54, 1.807) is 5.38 Å². The number of carbonyl (C=O) groups is 1. The van der Waals surface area contributed by atoms with Crippen molar-refractivity contribution >= 4 is 32.8 Å². The maximum absolute atomic E-state index is 13.9. The Balaban J connectivity index is 1.71. The van der Waals surface area contributed by atoms with E-state index in [1.165, 1.54) is 12.1 Å². The lowest BCUT2D eigenvalue weighted by Gasteiger charge is -2.07. The molecule has 3 rings (SSSR count). The van der Waals surface area contributed by atoms with Gasteiger partial charge in [0.2, 0.25) is 5.91 Å². The average Bonchev–Trinajstić information content (AvgIpc) is 3.10. The van der Waals surface area contributed by atoms with Crippen molar-refractivity contribution in [1.29, 1.82) is 0 Å². The predicted molar refractivity (Wildman–Crippen MR) is 104 cm³/mol. The summed E-state index contributed by atoms with van der Waals surface area (Å²) in [5.74, 6) is -1.41. The molecule has 3 aromatic rings. The maximum Gasteiger partial charge on any atom is 0.416 e. The van der Waals surface area contributed by atoms with Gasteiger partial charge in [-0.15, -0.1) is 11.3 Å². The zero-order valence-electron chi connectivity index (χ0n) is 15.3. The van der Waals surface area contributed by atoms with Gasteiger partial charge in [-0.3, -0.25) is 4.79 Å². The number of halogens is 4. The van der Waals surface area contributed by atoms with E-state index in [2.05, 4.69) is 10.3 Å². The molecule has 1 aromatic heterocycles. The molecule has 0 atom stereocenters. The van der Waals surface area contributed by atoms with Crippen molar-refractivity contribution in [3.8, 4) is 10.6 Å². The van der Waals surface area contributed by atoms with Gasteiger partial charge in [0.05, 0.1) is 28.3 Å². The highest BCUT2D eigenvalue weighted by Crippen LogP contribution is 2.32. The molecule has 0 aliphatic heterocycles. The molecule has 1 N–H and O–H groups in total. The third-order valence-corrected chi connectivity index (χ3v) is 6.04. The molecule has 11 heteroatoms. The second kappa shape index (κ2) is 8.15. The molecule has 0 fully saturated rings.